The Morgan fingerprint density at radius 1 is 1.57 bits per heavy atom. The number of carbonyl (C=O) groups is 1. The number of hydrogen-bond acceptors (Lipinski definition) is 7. The van der Waals surface area contributed by atoms with E-state index in [9.17, 15) is 4.79 Å². The van der Waals surface area contributed by atoms with E-state index in [0.717, 1.165) is 29.5 Å². The number of amides is 1. The molecule has 0 spiro atoms. The molecule has 0 unspecified atom stereocenters. The largest absolute Gasteiger partial charge is 0.324 e. The Balaban J connectivity index is 1.60. The molecule has 7 nitrogen and oxygen atoms in total. The van der Waals surface area contributed by atoms with Crippen molar-refractivity contribution in [3.63, 3.8) is 0 Å². The standard InChI is InChI=1S/C12H16N6OS2/c1-7-5-20-11(14-7)15-10(19)6-21-12-17-16-9(4-13)18(12)8-2-3-8/h5,8H,2-4,6,13H2,1H3,(H,14,15,19). The average molecular weight is 324 g/mol. The van der Waals surface area contributed by atoms with Crippen molar-refractivity contribution in [1.82, 2.24) is 19.7 Å². The SMILES string of the molecule is Cc1csc(NC(=O)CSc2nnc(CN)n2C2CC2)n1. The van der Waals surface area contributed by atoms with Crippen LogP contribution in [0.25, 0.3) is 0 Å². The quantitative estimate of drug-likeness (QED) is 0.783. The van der Waals surface area contributed by atoms with E-state index in [-0.39, 0.29) is 11.7 Å². The Hall–Kier alpha value is -1.45. The van der Waals surface area contributed by atoms with Gasteiger partial charge < -0.3 is 15.6 Å². The van der Waals surface area contributed by atoms with E-state index in [0.29, 0.717) is 17.7 Å². The van der Waals surface area contributed by atoms with E-state index < -0.39 is 0 Å². The van der Waals surface area contributed by atoms with E-state index in [2.05, 4.69) is 25.1 Å². The normalized spacial score (nSPS) is 14.4. The molecule has 1 aliphatic rings. The fourth-order valence-corrected chi connectivity index (χ4v) is 3.47. The zero-order chi connectivity index (χ0) is 14.8. The van der Waals surface area contributed by atoms with E-state index >= 15 is 0 Å². The number of rotatable bonds is 6. The molecule has 1 fully saturated rings. The van der Waals surface area contributed by atoms with Crippen LogP contribution < -0.4 is 11.1 Å². The van der Waals surface area contributed by atoms with Gasteiger partial charge in [0.2, 0.25) is 5.91 Å². The van der Waals surface area contributed by atoms with Gasteiger partial charge in [0.1, 0.15) is 5.82 Å². The molecule has 0 saturated heterocycles. The van der Waals surface area contributed by atoms with E-state index in [1.165, 1.54) is 23.1 Å². The van der Waals surface area contributed by atoms with Crippen LogP contribution in [0.15, 0.2) is 10.5 Å². The molecule has 0 aliphatic heterocycles. The predicted octanol–water partition coefficient (Wildman–Crippen LogP) is 1.57. The van der Waals surface area contributed by atoms with Crippen LogP contribution in [0.2, 0.25) is 0 Å². The van der Waals surface area contributed by atoms with Crippen molar-refractivity contribution < 1.29 is 4.79 Å². The highest BCUT2D eigenvalue weighted by atomic mass is 32.2. The minimum atomic E-state index is -0.0889. The second-order valence-corrected chi connectivity index (χ2v) is 6.64. The summed E-state index contributed by atoms with van der Waals surface area (Å²) in [5.74, 6) is 0.985. The van der Waals surface area contributed by atoms with Gasteiger partial charge in [-0.15, -0.1) is 21.5 Å². The van der Waals surface area contributed by atoms with E-state index in [1.807, 2.05) is 12.3 Å². The molecular weight excluding hydrogens is 308 g/mol. The number of hydrogen-bond donors (Lipinski definition) is 2. The van der Waals surface area contributed by atoms with Crippen molar-refractivity contribution in [3.8, 4) is 0 Å². The number of anilines is 1. The van der Waals surface area contributed by atoms with Crippen molar-refractivity contribution in [2.75, 3.05) is 11.1 Å². The summed E-state index contributed by atoms with van der Waals surface area (Å²) in [6.45, 7) is 2.27. The minimum absolute atomic E-state index is 0.0889. The number of nitrogens with one attached hydrogen (secondary N) is 1. The van der Waals surface area contributed by atoms with Crippen molar-refractivity contribution in [2.45, 2.75) is 37.5 Å². The molecule has 0 radical (unpaired) electrons. The molecule has 2 aromatic heterocycles. The van der Waals surface area contributed by atoms with Gasteiger partial charge in [0.25, 0.3) is 0 Å². The van der Waals surface area contributed by atoms with Crippen molar-refractivity contribution in [3.05, 3.63) is 16.9 Å². The van der Waals surface area contributed by atoms with Gasteiger partial charge in [0, 0.05) is 11.4 Å². The Morgan fingerprint density at radius 2 is 2.38 bits per heavy atom. The molecule has 9 heteroatoms. The summed E-state index contributed by atoms with van der Waals surface area (Å²) in [5.41, 5.74) is 6.58. The molecule has 1 aliphatic carbocycles. The van der Waals surface area contributed by atoms with Crippen LogP contribution in [0.1, 0.15) is 30.4 Å². The lowest BCUT2D eigenvalue weighted by Crippen LogP contribution is -2.15. The van der Waals surface area contributed by atoms with Crippen molar-refractivity contribution in [2.24, 2.45) is 5.73 Å². The minimum Gasteiger partial charge on any atom is -0.324 e. The third-order valence-electron chi connectivity index (χ3n) is 3.03. The van der Waals surface area contributed by atoms with Crippen LogP contribution in [0.3, 0.4) is 0 Å². The Bertz CT molecular complexity index is 648. The maximum atomic E-state index is 11.9. The zero-order valence-electron chi connectivity index (χ0n) is 11.6. The van der Waals surface area contributed by atoms with Crippen LogP contribution in [-0.2, 0) is 11.3 Å². The smallest absolute Gasteiger partial charge is 0.236 e. The molecule has 0 atom stereocenters. The van der Waals surface area contributed by atoms with Gasteiger partial charge in [-0.1, -0.05) is 11.8 Å². The lowest BCUT2D eigenvalue weighted by molar-refractivity contribution is -0.113. The Kier molecular flexibility index (Phi) is 4.22. The molecule has 1 saturated carbocycles. The molecule has 2 heterocycles. The van der Waals surface area contributed by atoms with Gasteiger partial charge in [-0.3, -0.25) is 4.79 Å². The number of aryl methyl sites for hydroxylation is 1. The third kappa shape index (κ3) is 3.42. The van der Waals surface area contributed by atoms with Crippen LogP contribution in [0.5, 0.6) is 0 Å². The Morgan fingerprint density at radius 3 is 3.00 bits per heavy atom. The maximum absolute atomic E-state index is 11.9. The van der Waals surface area contributed by atoms with Gasteiger partial charge in [0.15, 0.2) is 10.3 Å². The monoisotopic (exact) mass is 324 g/mol. The predicted molar refractivity (Wildman–Crippen MR) is 82.4 cm³/mol. The summed E-state index contributed by atoms with van der Waals surface area (Å²) < 4.78 is 2.06. The van der Waals surface area contributed by atoms with Crippen molar-refractivity contribution >= 4 is 34.1 Å². The van der Waals surface area contributed by atoms with Crippen LogP contribution in [-0.4, -0.2) is 31.4 Å². The average Bonchev–Trinajstić information content (AvgIpc) is 3.09. The van der Waals surface area contributed by atoms with E-state index in [1.54, 1.807) is 0 Å². The summed E-state index contributed by atoms with van der Waals surface area (Å²) in [4.78, 5) is 16.1. The second-order valence-electron chi connectivity index (χ2n) is 4.83. The highest BCUT2D eigenvalue weighted by Gasteiger charge is 2.29. The summed E-state index contributed by atoms with van der Waals surface area (Å²) in [6.07, 6.45) is 2.26. The lowest BCUT2D eigenvalue weighted by atomic mass is 10.5. The Labute approximate surface area is 130 Å². The molecule has 0 aromatic carbocycles. The highest BCUT2D eigenvalue weighted by molar-refractivity contribution is 7.99. The van der Waals surface area contributed by atoms with Gasteiger partial charge >= 0.3 is 0 Å². The molecule has 112 valence electrons. The number of carbonyl (C=O) groups excluding carboxylic acids is 1. The van der Waals surface area contributed by atoms with Crippen LogP contribution in [0, 0.1) is 6.92 Å². The maximum Gasteiger partial charge on any atom is 0.236 e. The number of aromatic nitrogens is 4. The fourth-order valence-electron chi connectivity index (χ4n) is 1.94. The zero-order valence-corrected chi connectivity index (χ0v) is 13.2. The fraction of sp³-hybridized carbons (Fsp3) is 0.500. The summed E-state index contributed by atoms with van der Waals surface area (Å²) in [6, 6.07) is 0.450. The second kappa shape index (κ2) is 6.12. The molecule has 3 N–H and O–H groups in total. The first-order valence-corrected chi connectivity index (χ1v) is 8.52. The van der Waals surface area contributed by atoms with Gasteiger partial charge in [-0.05, 0) is 19.8 Å². The molecule has 1 amide bonds. The molecular formula is C12H16N6OS2. The van der Waals surface area contributed by atoms with Crippen LogP contribution in [0.4, 0.5) is 5.13 Å². The number of nitrogens with zero attached hydrogens (tertiary/aromatic N) is 4. The van der Waals surface area contributed by atoms with Crippen LogP contribution >= 0.6 is 23.1 Å². The van der Waals surface area contributed by atoms with Gasteiger partial charge in [-0.2, -0.15) is 0 Å². The van der Waals surface area contributed by atoms with E-state index in [4.69, 9.17) is 5.73 Å². The molecule has 21 heavy (non-hydrogen) atoms. The first kappa shape index (κ1) is 14.5. The number of thiazole rings is 1. The summed E-state index contributed by atoms with van der Waals surface area (Å²) >= 11 is 2.81. The summed E-state index contributed by atoms with van der Waals surface area (Å²) in [7, 11) is 0. The molecule has 0 bridgehead atoms. The highest BCUT2D eigenvalue weighted by Crippen LogP contribution is 2.38. The first-order valence-electron chi connectivity index (χ1n) is 6.66. The number of thioether (sulfide) groups is 1. The lowest BCUT2D eigenvalue weighted by Gasteiger charge is -2.07. The molecule has 3 rings (SSSR count). The third-order valence-corrected chi connectivity index (χ3v) is 4.85. The van der Waals surface area contributed by atoms with Crippen molar-refractivity contribution in [1.29, 1.82) is 0 Å². The molecule has 2 aromatic rings. The summed E-state index contributed by atoms with van der Waals surface area (Å²) in [5, 5.41) is 14.3. The number of nitrogens with two attached hydrogens (primary N) is 1. The van der Waals surface area contributed by atoms with Gasteiger partial charge in [0.05, 0.1) is 18.0 Å². The topological polar surface area (TPSA) is 98.7 Å². The first-order chi connectivity index (χ1) is 10.2. The van der Waals surface area contributed by atoms with Gasteiger partial charge in [-0.25, -0.2) is 4.98 Å².